The van der Waals surface area contributed by atoms with Crippen LogP contribution in [0.1, 0.15) is 17.4 Å². The number of nitrogens with zero attached hydrogens (tertiary/aromatic N) is 2. The van der Waals surface area contributed by atoms with Crippen molar-refractivity contribution in [1.82, 2.24) is 20.2 Å². The van der Waals surface area contributed by atoms with E-state index in [9.17, 15) is 9.59 Å². The van der Waals surface area contributed by atoms with E-state index >= 15 is 0 Å². The van der Waals surface area contributed by atoms with Crippen LogP contribution in [-0.4, -0.2) is 28.0 Å². The smallest absolute Gasteiger partial charge is 0.426 e. The van der Waals surface area contributed by atoms with Gasteiger partial charge >= 0.3 is 6.09 Å². The molecule has 100 valence electrons. The van der Waals surface area contributed by atoms with Crippen molar-refractivity contribution in [1.29, 1.82) is 0 Å². The van der Waals surface area contributed by atoms with Gasteiger partial charge in [0.15, 0.2) is 10.8 Å². The van der Waals surface area contributed by atoms with Crippen molar-refractivity contribution >= 4 is 29.2 Å². The fourth-order valence-electron chi connectivity index (χ4n) is 1.50. The number of hydrogen-bond donors (Lipinski definition) is 2. The molecule has 0 saturated heterocycles. The SMILES string of the molecule is CCOC(=O)NNC(=O)c1c(Cl)nc2ccccn12. The number of carbonyl (C=O) groups is 2. The van der Waals surface area contributed by atoms with Crippen LogP contribution in [0.2, 0.25) is 5.15 Å². The molecule has 7 nitrogen and oxygen atoms in total. The largest absolute Gasteiger partial charge is 0.449 e. The summed E-state index contributed by atoms with van der Waals surface area (Å²) < 4.78 is 6.13. The molecule has 0 bridgehead atoms. The molecule has 2 N–H and O–H groups in total. The van der Waals surface area contributed by atoms with Gasteiger partial charge in [-0.15, -0.1) is 0 Å². The topological polar surface area (TPSA) is 84.7 Å². The van der Waals surface area contributed by atoms with E-state index < -0.39 is 12.0 Å². The zero-order valence-corrected chi connectivity index (χ0v) is 10.8. The normalized spacial score (nSPS) is 10.2. The van der Waals surface area contributed by atoms with E-state index in [1.807, 2.05) is 0 Å². The first-order valence-corrected chi connectivity index (χ1v) is 5.87. The Hall–Kier alpha value is -2.28. The molecule has 0 atom stereocenters. The first-order chi connectivity index (χ1) is 9.13. The summed E-state index contributed by atoms with van der Waals surface area (Å²) in [6.45, 7) is 1.86. The van der Waals surface area contributed by atoms with Crippen molar-refractivity contribution in [3.8, 4) is 0 Å². The van der Waals surface area contributed by atoms with Crippen molar-refractivity contribution in [3.05, 3.63) is 35.2 Å². The Morgan fingerprint density at radius 3 is 2.95 bits per heavy atom. The van der Waals surface area contributed by atoms with Crippen LogP contribution in [0.15, 0.2) is 24.4 Å². The van der Waals surface area contributed by atoms with Crippen LogP contribution in [0.5, 0.6) is 0 Å². The summed E-state index contributed by atoms with van der Waals surface area (Å²) in [6.07, 6.45) is 0.897. The number of ether oxygens (including phenoxy) is 1. The highest BCUT2D eigenvalue weighted by atomic mass is 35.5. The van der Waals surface area contributed by atoms with E-state index in [2.05, 4.69) is 20.6 Å². The van der Waals surface area contributed by atoms with Gasteiger partial charge in [-0.3, -0.25) is 14.6 Å². The second-order valence-corrected chi connectivity index (χ2v) is 3.84. The standard InChI is InChI=1S/C11H11ClN4O3/c1-2-19-11(18)15-14-10(17)8-9(12)13-7-5-3-4-6-16(7)8/h3-6H,2H2,1H3,(H,14,17)(H,15,18). The van der Waals surface area contributed by atoms with Crippen LogP contribution >= 0.6 is 11.6 Å². The summed E-state index contributed by atoms with van der Waals surface area (Å²) in [4.78, 5) is 27.0. The first-order valence-electron chi connectivity index (χ1n) is 5.49. The molecule has 0 aromatic carbocycles. The van der Waals surface area contributed by atoms with Gasteiger partial charge < -0.3 is 4.74 Å². The van der Waals surface area contributed by atoms with Crippen molar-refractivity contribution in [2.45, 2.75) is 6.92 Å². The minimum absolute atomic E-state index is 0.0503. The van der Waals surface area contributed by atoms with Crippen molar-refractivity contribution in [3.63, 3.8) is 0 Å². The average molecular weight is 283 g/mol. The molecule has 2 rings (SSSR count). The van der Waals surface area contributed by atoms with Gasteiger partial charge in [-0.2, -0.15) is 0 Å². The Morgan fingerprint density at radius 1 is 1.42 bits per heavy atom. The predicted octanol–water partition coefficient (Wildman–Crippen LogP) is 1.38. The highest BCUT2D eigenvalue weighted by Gasteiger charge is 2.18. The summed E-state index contributed by atoms with van der Waals surface area (Å²) in [5, 5.41) is 0.0503. The number of hydrazine groups is 1. The molecule has 0 spiro atoms. The average Bonchev–Trinajstić information content (AvgIpc) is 2.72. The Morgan fingerprint density at radius 2 is 2.21 bits per heavy atom. The van der Waals surface area contributed by atoms with E-state index in [1.54, 1.807) is 31.3 Å². The molecule has 0 fully saturated rings. The van der Waals surface area contributed by atoms with Crippen LogP contribution < -0.4 is 10.9 Å². The maximum absolute atomic E-state index is 11.9. The number of nitrogens with one attached hydrogen (secondary N) is 2. The monoisotopic (exact) mass is 282 g/mol. The van der Waals surface area contributed by atoms with Gasteiger partial charge in [0, 0.05) is 6.20 Å². The fourth-order valence-corrected chi connectivity index (χ4v) is 1.77. The van der Waals surface area contributed by atoms with E-state index in [0.717, 1.165) is 0 Å². The van der Waals surface area contributed by atoms with Crippen LogP contribution in [0, 0.1) is 0 Å². The minimum atomic E-state index is -0.749. The summed E-state index contributed by atoms with van der Waals surface area (Å²) in [5.41, 5.74) is 4.97. The van der Waals surface area contributed by atoms with Gasteiger partial charge in [0.2, 0.25) is 0 Å². The number of hydrogen-bond acceptors (Lipinski definition) is 4. The highest BCUT2D eigenvalue weighted by Crippen LogP contribution is 2.16. The Kier molecular flexibility index (Phi) is 3.86. The maximum atomic E-state index is 11.9. The third kappa shape index (κ3) is 2.76. The van der Waals surface area contributed by atoms with E-state index in [0.29, 0.717) is 5.65 Å². The molecule has 2 amide bonds. The molecule has 19 heavy (non-hydrogen) atoms. The summed E-state index contributed by atoms with van der Waals surface area (Å²) >= 11 is 5.90. The third-order valence-corrected chi connectivity index (χ3v) is 2.52. The lowest BCUT2D eigenvalue weighted by atomic mass is 10.4. The number of imidazole rings is 1. The van der Waals surface area contributed by atoms with Crippen molar-refractivity contribution in [2.75, 3.05) is 6.61 Å². The molecule has 2 heterocycles. The van der Waals surface area contributed by atoms with Crippen LogP contribution in [0.4, 0.5) is 4.79 Å². The molecule has 2 aromatic rings. The van der Waals surface area contributed by atoms with Crippen molar-refractivity contribution < 1.29 is 14.3 Å². The quantitative estimate of drug-likeness (QED) is 0.815. The molecule has 0 aliphatic rings. The number of carbonyl (C=O) groups excluding carboxylic acids is 2. The molecule has 0 aliphatic carbocycles. The number of rotatable bonds is 2. The van der Waals surface area contributed by atoms with Gasteiger partial charge in [-0.25, -0.2) is 15.2 Å². The van der Waals surface area contributed by atoms with Gasteiger partial charge in [0.05, 0.1) is 6.61 Å². The lowest BCUT2D eigenvalue weighted by Gasteiger charge is -2.07. The highest BCUT2D eigenvalue weighted by molar-refractivity contribution is 6.32. The summed E-state index contributed by atoms with van der Waals surface area (Å²) in [6, 6.07) is 5.22. The van der Waals surface area contributed by atoms with Gasteiger partial charge in [0.1, 0.15) is 5.65 Å². The summed E-state index contributed by atoms with van der Waals surface area (Å²) in [5.74, 6) is -0.586. The van der Waals surface area contributed by atoms with Crippen LogP contribution in [-0.2, 0) is 4.74 Å². The van der Waals surface area contributed by atoms with Crippen LogP contribution in [0.3, 0.4) is 0 Å². The van der Waals surface area contributed by atoms with Crippen molar-refractivity contribution in [2.24, 2.45) is 0 Å². The van der Waals surface area contributed by atoms with Gasteiger partial charge in [-0.05, 0) is 19.1 Å². The number of pyridine rings is 1. The zero-order chi connectivity index (χ0) is 13.8. The third-order valence-electron chi connectivity index (χ3n) is 2.26. The lowest BCUT2D eigenvalue weighted by molar-refractivity contribution is 0.0907. The second kappa shape index (κ2) is 5.57. The Bertz CT molecular complexity index is 625. The number of amides is 2. The van der Waals surface area contributed by atoms with Gasteiger partial charge in [0.25, 0.3) is 5.91 Å². The van der Waals surface area contributed by atoms with E-state index in [4.69, 9.17) is 11.6 Å². The molecular weight excluding hydrogens is 272 g/mol. The van der Waals surface area contributed by atoms with E-state index in [1.165, 1.54) is 4.40 Å². The Labute approximate surface area is 113 Å². The molecule has 0 unspecified atom stereocenters. The lowest BCUT2D eigenvalue weighted by Crippen LogP contribution is -2.42. The molecule has 2 aromatic heterocycles. The molecule has 0 radical (unpaired) electrons. The zero-order valence-electron chi connectivity index (χ0n) is 10.0. The minimum Gasteiger partial charge on any atom is -0.449 e. The molecule has 0 saturated carbocycles. The van der Waals surface area contributed by atoms with E-state index in [-0.39, 0.29) is 17.5 Å². The molecule has 0 aliphatic heterocycles. The maximum Gasteiger partial charge on any atom is 0.426 e. The first kappa shape index (κ1) is 13.2. The number of aromatic nitrogens is 2. The second-order valence-electron chi connectivity index (χ2n) is 3.48. The molecule has 8 heteroatoms. The molecular formula is C11H11ClN4O3. The fraction of sp³-hybridized carbons (Fsp3) is 0.182. The van der Waals surface area contributed by atoms with Gasteiger partial charge in [-0.1, -0.05) is 17.7 Å². The van der Waals surface area contributed by atoms with Crippen LogP contribution in [0.25, 0.3) is 5.65 Å². The summed E-state index contributed by atoms with van der Waals surface area (Å²) in [7, 11) is 0. The number of halogens is 1. The number of fused-ring (bicyclic) bond motifs is 1. The predicted molar refractivity (Wildman–Crippen MR) is 67.8 cm³/mol. The Balaban J connectivity index is 2.17.